The third-order valence-corrected chi connectivity index (χ3v) is 2.71. The lowest BCUT2D eigenvalue weighted by Gasteiger charge is -2.01. The normalized spacial score (nSPS) is 10.9. The molecule has 3 aromatic rings. The molecule has 1 aromatic carbocycles. The van der Waals surface area contributed by atoms with Crippen molar-refractivity contribution in [1.29, 1.82) is 0 Å². The van der Waals surface area contributed by atoms with E-state index < -0.39 is 0 Å². The Balaban J connectivity index is 2.09. The smallest absolute Gasteiger partial charge is 0.278 e. The largest absolute Gasteiger partial charge is 0.343 e. The van der Waals surface area contributed by atoms with Crippen molar-refractivity contribution in [3.05, 3.63) is 52.8 Å². The van der Waals surface area contributed by atoms with Crippen molar-refractivity contribution >= 4 is 16.6 Å². The van der Waals surface area contributed by atoms with E-state index in [-0.39, 0.29) is 10.6 Å². The molecule has 90 valence electrons. The zero-order valence-electron chi connectivity index (χ0n) is 9.18. The molecule has 7 nitrogen and oxygen atoms in total. The van der Waals surface area contributed by atoms with Crippen molar-refractivity contribution in [2.75, 3.05) is 0 Å². The number of nitrogens with zero attached hydrogens (tertiary/aromatic N) is 4. The van der Waals surface area contributed by atoms with Crippen molar-refractivity contribution in [1.82, 2.24) is 14.7 Å². The van der Waals surface area contributed by atoms with Crippen LogP contribution in [-0.2, 0) is 6.54 Å². The lowest BCUT2D eigenvalue weighted by atomic mass is 10.2. The average molecular weight is 244 g/mol. The first kappa shape index (κ1) is 10.5. The Bertz CT molecular complexity index is 702. The topological polar surface area (TPSA) is 87.0 Å². The van der Waals surface area contributed by atoms with Crippen molar-refractivity contribution < 1.29 is 9.45 Å². The van der Waals surface area contributed by atoms with E-state index in [0.717, 1.165) is 5.52 Å². The Kier molecular flexibility index (Phi) is 2.30. The fourth-order valence-corrected chi connectivity index (χ4v) is 1.92. The van der Waals surface area contributed by atoms with E-state index in [2.05, 4.69) is 14.7 Å². The van der Waals surface area contributed by atoms with E-state index in [0.29, 0.717) is 17.8 Å². The monoisotopic (exact) mass is 244 g/mol. The summed E-state index contributed by atoms with van der Waals surface area (Å²) in [7, 11) is 0. The maximum absolute atomic E-state index is 10.9. The molecule has 0 saturated carbocycles. The molecule has 0 radical (unpaired) electrons. The van der Waals surface area contributed by atoms with E-state index in [1.165, 1.54) is 12.5 Å². The van der Waals surface area contributed by atoms with Crippen LogP contribution in [0.25, 0.3) is 10.9 Å². The Morgan fingerprint density at radius 2 is 2.28 bits per heavy atom. The van der Waals surface area contributed by atoms with Gasteiger partial charge in [0, 0.05) is 12.3 Å². The molecule has 0 aliphatic heterocycles. The van der Waals surface area contributed by atoms with Gasteiger partial charge in [0.25, 0.3) is 5.69 Å². The number of aromatic nitrogens is 3. The summed E-state index contributed by atoms with van der Waals surface area (Å²) in [6, 6.07) is 6.68. The van der Waals surface area contributed by atoms with Crippen LogP contribution in [0.15, 0.2) is 41.4 Å². The molecule has 0 aliphatic rings. The first-order valence-corrected chi connectivity index (χ1v) is 5.23. The Morgan fingerprint density at radius 3 is 3.00 bits per heavy atom. The minimum atomic E-state index is -0.388. The fourth-order valence-electron chi connectivity index (χ4n) is 1.92. The molecular formula is C11H8N4O3. The van der Waals surface area contributed by atoms with Gasteiger partial charge in [-0.05, 0) is 12.1 Å². The van der Waals surface area contributed by atoms with Gasteiger partial charge in [-0.25, -0.2) is 0 Å². The zero-order chi connectivity index (χ0) is 12.5. The van der Waals surface area contributed by atoms with Gasteiger partial charge in [-0.15, -0.1) is 0 Å². The lowest BCUT2D eigenvalue weighted by Crippen LogP contribution is -1.99. The fraction of sp³-hybridized carbons (Fsp3) is 0.0909. The van der Waals surface area contributed by atoms with Crippen LogP contribution in [0, 0.1) is 10.1 Å². The van der Waals surface area contributed by atoms with Gasteiger partial charge in [0.15, 0.2) is 5.82 Å². The van der Waals surface area contributed by atoms with Crippen LogP contribution in [0.3, 0.4) is 0 Å². The third kappa shape index (κ3) is 1.61. The van der Waals surface area contributed by atoms with Crippen LogP contribution in [0.2, 0.25) is 0 Å². The van der Waals surface area contributed by atoms with Gasteiger partial charge in [0.05, 0.1) is 22.4 Å². The molecule has 2 aromatic heterocycles. The van der Waals surface area contributed by atoms with Gasteiger partial charge in [0.1, 0.15) is 0 Å². The van der Waals surface area contributed by atoms with Gasteiger partial charge >= 0.3 is 0 Å². The Labute approximate surface area is 101 Å². The summed E-state index contributed by atoms with van der Waals surface area (Å²) >= 11 is 0. The summed E-state index contributed by atoms with van der Waals surface area (Å²) in [4.78, 5) is 14.4. The van der Waals surface area contributed by atoms with Crippen molar-refractivity contribution in [2.45, 2.75) is 6.54 Å². The van der Waals surface area contributed by atoms with E-state index in [4.69, 9.17) is 0 Å². The van der Waals surface area contributed by atoms with Crippen molar-refractivity contribution in [3.63, 3.8) is 0 Å². The number of benzene rings is 1. The predicted octanol–water partition coefficient (Wildman–Crippen LogP) is 1.98. The highest BCUT2D eigenvalue weighted by molar-refractivity contribution is 5.89. The number of hydrogen-bond donors (Lipinski definition) is 0. The van der Waals surface area contributed by atoms with Crippen LogP contribution in [0.4, 0.5) is 5.69 Å². The molecule has 18 heavy (non-hydrogen) atoms. The standard InChI is InChI=1S/C11H8N4O3/c16-15(17)10-3-1-2-9-8(10)4-5-14(9)6-11-12-7-18-13-11/h1-5,7H,6H2. The highest BCUT2D eigenvalue weighted by atomic mass is 16.6. The van der Waals surface area contributed by atoms with E-state index in [1.54, 1.807) is 18.3 Å². The molecule has 0 amide bonds. The Morgan fingerprint density at radius 1 is 1.39 bits per heavy atom. The SMILES string of the molecule is O=[N+]([O-])c1cccc2c1ccn2Cc1ncon1. The molecule has 2 heterocycles. The molecule has 0 saturated heterocycles. The van der Waals surface area contributed by atoms with Crippen molar-refractivity contribution in [2.24, 2.45) is 0 Å². The first-order chi connectivity index (χ1) is 8.75. The summed E-state index contributed by atoms with van der Waals surface area (Å²) in [6.45, 7) is 0.418. The zero-order valence-corrected chi connectivity index (χ0v) is 9.18. The highest BCUT2D eigenvalue weighted by Gasteiger charge is 2.14. The summed E-state index contributed by atoms with van der Waals surface area (Å²) in [6.07, 6.45) is 3.03. The maximum Gasteiger partial charge on any atom is 0.278 e. The molecular weight excluding hydrogens is 236 g/mol. The second-order valence-corrected chi connectivity index (χ2v) is 3.76. The number of rotatable bonds is 3. The number of non-ortho nitro benzene ring substituents is 1. The molecule has 3 rings (SSSR count). The molecule has 7 heteroatoms. The summed E-state index contributed by atoms with van der Waals surface area (Å²) < 4.78 is 6.50. The highest BCUT2D eigenvalue weighted by Crippen LogP contribution is 2.26. The maximum atomic E-state index is 10.9. The third-order valence-electron chi connectivity index (χ3n) is 2.71. The molecule has 0 spiro atoms. The molecule has 0 bridgehead atoms. The van der Waals surface area contributed by atoms with Crippen LogP contribution >= 0.6 is 0 Å². The molecule has 0 unspecified atom stereocenters. The predicted molar refractivity (Wildman–Crippen MR) is 62.0 cm³/mol. The second-order valence-electron chi connectivity index (χ2n) is 3.76. The van der Waals surface area contributed by atoms with Gasteiger partial charge < -0.3 is 9.09 Å². The van der Waals surface area contributed by atoms with Crippen LogP contribution < -0.4 is 0 Å². The lowest BCUT2D eigenvalue weighted by molar-refractivity contribution is -0.383. The number of fused-ring (bicyclic) bond motifs is 1. The van der Waals surface area contributed by atoms with Gasteiger partial charge in [-0.3, -0.25) is 10.1 Å². The molecule has 0 N–H and O–H groups in total. The first-order valence-electron chi connectivity index (χ1n) is 5.23. The van der Waals surface area contributed by atoms with Crippen LogP contribution in [-0.4, -0.2) is 19.6 Å². The average Bonchev–Trinajstić information content (AvgIpc) is 2.99. The van der Waals surface area contributed by atoms with Crippen LogP contribution in [0.5, 0.6) is 0 Å². The van der Waals surface area contributed by atoms with E-state index >= 15 is 0 Å². The molecule has 0 aliphatic carbocycles. The number of nitro groups is 1. The van der Waals surface area contributed by atoms with Crippen molar-refractivity contribution in [3.8, 4) is 0 Å². The molecule has 0 atom stereocenters. The van der Waals surface area contributed by atoms with Crippen LogP contribution in [0.1, 0.15) is 5.82 Å². The summed E-state index contributed by atoms with van der Waals surface area (Å²) in [5.41, 5.74) is 0.869. The quantitative estimate of drug-likeness (QED) is 0.519. The van der Waals surface area contributed by atoms with Gasteiger partial charge in [-0.1, -0.05) is 11.2 Å². The van der Waals surface area contributed by atoms with Gasteiger partial charge in [-0.2, -0.15) is 4.98 Å². The number of nitro benzene ring substituents is 1. The molecule has 0 fully saturated rings. The minimum absolute atomic E-state index is 0.0966. The minimum Gasteiger partial charge on any atom is -0.343 e. The van der Waals surface area contributed by atoms with E-state index in [1.807, 2.05) is 10.6 Å². The second kappa shape index (κ2) is 3.95. The number of hydrogen-bond acceptors (Lipinski definition) is 5. The Hall–Kier alpha value is -2.70. The summed E-state index contributed by atoms with van der Waals surface area (Å²) in [5, 5.41) is 15.2. The summed E-state index contributed by atoms with van der Waals surface area (Å²) in [5.74, 6) is 0.527. The van der Waals surface area contributed by atoms with Gasteiger partial charge in [0.2, 0.25) is 6.39 Å². The van der Waals surface area contributed by atoms with E-state index in [9.17, 15) is 10.1 Å².